The number of allylic oxidation sites excluding steroid dienone is 1. The second-order valence-electron chi connectivity index (χ2n) is 10.0. The summed E-state index contributed by atoms with van der Waals surface area (Å²) in [7, 11) is 0. The summed E-state index contributed by atoms with van der Waals surface area (Å²) in [6.07, 6.45) is 10.9. The van der Waals surface area contributed by atoms with E-state index in [-0.39, 0.29) is 64.6 Å². The first-order valence-corrected chi connectivity index (χ1v) is 15.2. The molecule has 2 heterocycles. The predicted molar refractivity (Wildman–Crippen MR) is 180 cm³/mol. The minimum atomic E-state index is -0.499. The van der Waals surface area contributed by atoms with Crippen molar-refractivity contribution in [2.75, 3.05) is 18.0 Å². The Morgan fingerprint density at radius 3 is 2.00 bits per heavy atom. The van der Waals surface area contributed by atoms with Gasteiger partial charge in [0.25, 0.3) is 0 Å². The fourth-order valence-electron chi connectivity index (χ4n) is 4.37. The molecule has 1 fully saturated rings. The molecule has 1 aliphatic heterocycles. The Morgan fingerprint density at radius 2 is 1.57 bits per heavy atom. The number of anilines is 1. The van der Waals surface area contributed by atoms with E-state index in [4.69, 9.17) is 10.7 Å². The summed E-state index contributed by atoms with van der Waals surface area (Å²) in [6, 6.07) is 11.8. The van der Waals surface area contributed by atoms with Crippen molar-refractivity contribution >= 4 is 29.0 Å². The summed E-state index contributed by atoms with van der Waals surface area (Å²) in [5.41, 5.74) is 8.38. The molecule has 1 saturated heterocycles. The second kappa shape index (κ2) is 25.9. The molecule has 1 amide bonds. The number of hydrogen-bond acceptors (Lipinski definition) is 4. The Bertz CT molecular complexity index is 1010. The zero-order valence-electron chi connectivity index (χ0n) is 27.6. The number of benzene rings is 1. The van der Waals surface area contributed by atoms with Gasteiger partial charge < -0.3 is 20.9 Å². The maximum Gasteiger partial charge on any atom is 1.00 e. The van der Waals surface area contributed by atoms with Gasteiger partial charge >= 0.3 is 51.4 Å². The van der Waals surface area contributed by atoms with E-state index >= 15 is 0 Å². The largest absolute Gasteiger partial charge is 1.00 e. The molecule has 0 bridgehead atoms. The number of aryl methyl sites for hydroxylation is 1. The number of pyridine rings is 1. The smallest absolute Gasteiger partial charge is 0.435 e. The molecule has 3 rings (SSSR count). The number of unbranched alkanes of at least 4 members (excludes halogenated alkanes) is 1. The first-order valence-electron chi connectivity index (χ1n) is 15.2. The van der Waals surface area contributed by atoms with Crippen molar-refractivity contribution in [3.8, 4) is 0 Å². The van der Waals surface area contributed by atoms with Crippen LogP contribution in [0.1, 0.15) is 124 Å². The molecular weight excluding hydrogens is 548 g/mol. The van der Waals surface area contributed by atoms with Crippen molar-refractivity contribution < 1.29 is 61.0 Å². The Labute approximate surface area is 301 Å². The second-order valence-corrected chi connectivity index (χ2v) is 10.0. The van der Waals surface area contributed by atoms with Gasteiger partial charge in [0.15, 0.2) is 5.78 Å². The van der Waals surface area contributed by atoms with Gasteiger partial charge in [-0.1, -0.05) is 112 Å². The molecule has 42 heavy (non-hydrogen) atoms. The molecule has 232 valence electrons. The van der Waals surface area contributed by atoms with Crippen LogP contribution in [0.15, 0.2) is 49.1 Å². The molecule has 0 saturated carbocycles. The zero-order valence-corrected chi connectivity index (χ0v) is 30.7. The molecule has 6 nitrogen and oxygen atoms in total. The zero-order chi connectivity index (χ0) is 30.6. The summed E-state index contributed by atoms with van der Waals surface area (Å²) in [6.45, 7) is 21.7. The molecule has 0 radical (unpaired) electrons. The van der Waals surface area contributed by atoms with Gasteiger partial charge in [-0.15, -0.1) is 0 Å². The average Bonchev–Trinajstić information content (AvgIpc) is 3.40. The number of ketones is 1. The summed E-state index contributed by atoms with van der Waals surface area (Å²) >= 11 is 0. The molecule has 2 N–H and O–H groups in total. The average molecular weight is 607 g/mol. The minimum absolute atomic E-state index is 0. The summed E-state index contributed by atoms with van der Waals surface area (Å²) in [4.78, 5) is 28.7. The third kappa shape index (κ3) is 16.4. The van der Waals surface area contributed by atoms with Gasteiger partial charge in [0.1, 0.15) is 0 Å². The van der Waals surface area contributed by atoms with Crippen LogP contribution in [0.4, 0.5) is 17.3 Å². The molecule has 1 aromatic carbocycles. The van der Waals surface area contributed by atoms with Gasteiger partial charge in [-0.25, -0.2) is 0 Å². The third-order valence-corrected chi connectivity index (χ3v) is 6.92. The van der Waals surface area contributed by atoms with Crippen LogP contribution in [-0.2, 0) is 11.2 Å². The molecule has 0 spiro atoms. The van der Waals surface area contributed by atoms with Gasteiger partial charge in [0, 0.05) is 24.5 Å². The number of amides is 1. The summed E-state index contributed by atoms with van der Waals surface area (Å²) in [5, 5.41) is 4.65. The van der Waals surface area contributed by atoms with Crippen molar-refractivity contribution in [1.82, 2.24) is 4.98 Å². The number of rotatable bonds is 11. The van der Waals surface area contributed by atoms with E-state index < -0.39 is 5.91 Å². The topological polar surface area (TPSA) is 90.4 Å². The van der Waals surface area contributed by atoms with E-state index in [9.17, 15) is 9.59 Å². The number of carbonyl (C=O) groups is 2. The fourth-order valence-corrected chi connectivity index (χ4v) is 4.37. The molecule has 2 aromatic rings. The number of nitrogens with zero attached hydrogens (tertiary/aromatic N) is 3. The van der Waals surface area contributed by atoms with E-state index in [0.29, 0.717) is 16.8 Å². The monoisotopic (exact) mass is 606 g/mol. The van der Waals surface area contributed by atoms with Crippen LogP contribution in [-0.4, -0.2) is 29.8 Å². The first kappa shape index (κ1) is 44.9. The number of carbonyl (C=O) groups excluding carboxylic acids is 2. The van der Waals surface area contributed by atoms with E-state index in [2.05, 4.69) is 63.5 Å². The number of aromatic nitrogens is 1. The van der Waals surface area contributed by atoms with Crippen molar-refractivity contribution in [3.05, 3.63) is 65.5 Å². The quantitative estimate of drug-likeness (QED) is 0.218. The van der Waals surface area contributed by atoms with E-state index in [1.165, 1.54) is 57.1 Å². The molecule has 1 aliphatic rings. The fraction of sp³-hybridized carbons (Fsp3) is 0.571. The normalized spacial score (nSPS) is 14.6. The number of primary amides is 1. The van der Waals surface area contributed by atoms with Crippen LogP contribution in [0.5, 0.6) is 0 Å². The Hall–Kier alpha value is -1.51. The molecular formula is C35H59KN4O2. The van der Waals surface area contributed by atoms with Crippen molar-refractivity contribution in [2.45, 2.75) is 114 Å². The first-order chi connectivity index (χ1) is 19.2. The molecule has 1 unspecified atom stereocenters. The SMILES string of the molecule is C.C=CC(C)=O.CC.CCCC.CCCc1ccc([N-]c2nc(N3CCC(CC)(CCC)C3)ccc2C(N)=O)cc1.[K+]. The van der Waals surface area contributed by atoms with Crippen LogP contribution in [0, 0.1) is 5.41 Å². The van der Waals surface area contributed by atoms with Crippen LogP contribution in [0.3, 0.4) is 0 Å². The number of hydrogen-bond donors (Lipinski definition) is 1. The Kier molecular flexibility index (Phi) is 27.7. The van der Waals surface area contributed by atoms with Crippen LogP contribution >= 0.6 is 0 Å². The van der Waals surface area contributed by atoms with Gasteiger partial charge in [0.2, 0.25) is 5.91 Å². The van der Waals surface area contributed by atoms with Gasteiger partial charge in [0.05, 0.1) is 0 Å². The van der Waals surface area contributed by atoms with E-state index in [0.717, 1.165) is 37.4 Å². The Balaban J connectivity index is -0.00000101. The summed E-state index contributed by atoms with van der Waals surface area (Å²) < 4.78 is 0. The van der Waals surface area contributed by atoms with Crippen molar-refractivity contribution in [2.24, 2.45) is 11.1 Å². The van der Waals surface area contributed by atoms with Crippen molar-refractivity contribution in [3.63, 3.8) is 0 Å². The van der Waals surface area contributed by atoms with Crippen LogP contribution in [0.25, 0.3) is 5.32 Å². The van der Waals surface area contributed by atoms with E-state index in [1.807, 2.05) is 32.0 Å². The minimum Gasteiger partial charge on any atom is -0.435 e. The van der Waals surface area contributed by atoms with Crippen LogP contribution < -0.4 is 62.0 Å². The Morgan fingerprint density at radius 1 is 1.00 bits per heavy atom. The number of nitrogens with two attached hydrogens (primary N) is 1. The predicted octanol–water partition coefficient (Wildman–Crippen LogP) is 7.11. The van der Waals surface area contributed by atoms with Gasteiger partial charge in [-0.3, -0.25) is 9.59 Å². The third-order valence-electron chi connectivity index (χ3n) is 6.92. The maximum absolute atomic E-state index is 11.9. The molecule has 7 heteroatoms. The molecule has 1 aromatic heterocycles. The van der Waals surface area contributed by atoms with Crippen molar-refractivity contribution in [1.29, 1.82) is 0 Å². The van der Waals surface area contributed by atoms with Gasteiger partial charge in [-0.2, -0.15) is 0 Å². The standard InChI is InChI=1S/C24H34N4O.C4H6O.C4H10.C2H6.CH4.K/c1-4-7-18-8-10-19(11-9-18)26-23-20(22(25)29)12-13-21(27-23)28-16-15-24(6-3,17-28)14-5-2;1-3-4(2)5;1-3-4-2;1-2;;/h8-13H,4-7,14-17H2,1-3H3,(H3,25,26,27,29);3H,1H2,2H3;3-4H2,1-2H3;1-2H3;1H4;/q;;;;;+1/p-1. The molecule has 1 atom stereocenters. The molecule has 0 aliphatic carbocycles. The summed E-state index contributed by atoms with van der Waals surface area (Å²) in [5.74, 6) is 0.802. The van der Waals surface area contributed by atoms with Crippen LogP contribution in [0.2, 0.25) is 0 Å². The van der Waals surface area contributed by atoms with Gasteiger partial charge in [-0.05, 0) is 73.3 Å². The maximum atomic E-state index is 11.9. The van der Waals surface area contributed by atoms with E-state index in [1.54, 1.807) is 6.07 Å².